The third kappa shape index (κ3) is 3.14. The molecule has 2 amide bonds. The van der Waals surface area contributed by atoms with Crippen LogP contribution in [0, 0.1) is 0 Å². The van der Waals surface area contributed by atoms with Crippen LogP contribution >= 0.6 is 0 Å². The largest absolute Gasteiger partial charge is 0.497 e. The third-order valence-corrected chi connectivity index (χ3v) is 4.91. The van der Waals surface area contributed by atoms with Gasteiger partial charge in [-0.1, -0.05) is 0 Å². The highest BCUT2D eigenvalue weighted by Crippen LogP contribution is 2.33. The van der Waals surface area contributed by atoms with Crippen molar-refractivity contribution >= 4 is 22.8 Å². The van der Waals surface area contributed by atoms with Crippen molar-refractivity contribution in [3.8, 4) is 5.75 Å². The van der Waals surface area contributed by atoms with Gasteiger partial charge in [0.25, 0.3) is 11.8 Å². The fourth-order valence-electron chi connectivity index (χ4n) is 3.53. The number of hydrogen-bond acceptors (Lipinski definition) is 5. The summed E-state index contributed by atoms with van der Waals surface area (Å²) < 4.78 is 11.0. The molecule has 1 aliphatic heterocycles. The Morgan fingerprint density at radius 1 is 1.30 bits per heavy atom. The van der Waals surface area contributed by atoms with E-state index in [0.717, 1.165) is 24.6 Å². The number of hydrogen-bond donors (Lipinski definition) is 2. The van der Waals surface area contributed by atoms with Gasteiger partial charge < -0.3 is 19.8 Å². The molecule has 0 bridgehead atoms. The highest BCUT2D eigenvalue weighted by atomic mass is 16.5. The molecule has 3 aromatic rings. The molecular formula is C19H20N4O4. The lowest BCUT2D eigenvalue weighted by Gasteiger charge is -2.34. The van der Waals surface area contributed by atoms with Crippen molar-refractivity contribution in [2.45, 2.75) is 25.3 Å². The average molecular weight is 368 g/mol. The molecule has 4 rings (SSSR count). The third-order valence-electron chi connectivity index (χ3n) is 4.91. The molecule has 1 unspecified atom stereocenters. The first-order valence-electron chi connectivity index (χ1n) is 8.80. The highest BCUT2D eigenvalue weighted by molar-refractivity contribution is 5.96. The van der Waals surface area contributed by atoms with Crippen LogP contribution in [0.5, 0.6) is 5.75 Å². The number of likely N-dealkylation sites (tertiary alicyclic amines) is 1. The molecule has 3 heterocycles. The highest BCUT2D eigenvalue weighted by Gasteiger charge is 2.32. The van der Waals surface area contributed by atoms with Crippen molar-refractivity contribution < 1.29 is 18.7 Å². The van der Waals surface area contributed by atoms with Gasteiger partial charge in [-0.2, -0.15) is 5.10 Å². The van der Waals surface area contributed by atoms with Crippen molar-refractivity contribution in [3.63, 3.8) is 0 Å². The van der Waals surface area contributed by atoms with Gasteiger partial charge in [-0.25, -0.2) is 0 Å². The van der Waals surface area contributed by atoms with E-state index in [1.54, 1.807) is 36.3 Å². The molecule has 8 nitrogen and oxygen atoms in total. The SMILES string of the molecule is COc1ccc2oc(C(=O)N3CCCCC3c3cc(C(N)=O)n[nH]3)cc2c1. The fourth-order valence-corrected chi connectivity index (χ4v) is 3.53. The van der Waals surface area contributed by atoms with E-state index in [2.05, 4.69) is 10.2 Å². The minimum absolute atomic E-state index is 0.166. The van der Waals surface area contributed by atoms with Gasteiger partial charge in [0.1, 0.15) is 17.0 Å². The van der Waals surface area contributed by atoms with Crippen LogP contribution < -0.4 is 10.5 Å². The fraction of sp³-hybridized carbons (Fsp3) is 0.316. The molecular weight excluding hydrogens is 348 g/mol. The van der Waals surface area contributed by atoms with Gasteiger partial charge in [0, 0.05) is 11.9 Å². The van der Waals surface area contributed by atoms with E-state index in [0.29, 0.717) is 23.6 Å². The molecule has 27 heavy (non-hydrogen) atoms. The van der Waals surface area contributed by atoms with Crippen LogP contribution in [0.4, 0.5) is 0 Å². The first kappa shape index (κ1) is 17.1. The number of benzene rings is 1. The number of carbonyl (C=O) groups is 2. The van der Waals surface area contributed by atoms with E-state index >= 15 is 0 Å². The number of amides is 2. The number of nitrogens with zero attached hydrogens (tertiary/aromatic N) is 2. The summed E-state index contributed by atoms with van der Waals surface area (Å²) in [7, 11) is 1.59. The number of primary amides is 1. The summed E-state index contributed by atoms with van der Waals surface area (Å²) in [5.74, 6) is 0.192. The zero-order valence-electron chi connectivity index (χ0n) is 14.9. The van der Waals surface area contributed by atoms with Crippen molar-refractivity contribution in [3.05, 3.63) is 47.5 Å². The molecule has 0 aliphatic carbocycles. The Morgan fingerprint density at radius 2 is 2.15 bits per heavy atom. The van der Waals surface area contributed by atoms with E-state index in [4.69, 9.17) is 14.9 Å². The monoisotopic (exact) mass is 368 g/mol. The number of piperidine rings is 1. The number of aromatic nitrogens is 2. The molecule has 2 aromatic heterocycles. The minimum Gasteiger partial charge on any atom is -0.497 e. The Morgan fingerprint density at radius 3 is 2.89 bits per heavy atom. The van der Waals surface area contributed by atoms with Gasteiger partial charge in [0.2, 0.25) is 0 Å². The number of nitrogens with one attached hydrogen (secondary N) is 1. The number of furan rings is 1. The molecule has 1 saturated heterocycles. The molecule has 1 aliphatic rings. The summed E-state index contributed by atoms with van der Waals surface area (Å²) in [6, 6.07) is 8.55. The standard InChI is InChI=1S/C19H20N4O4/c1-26-12-5-6-16-11(8-12)9-17(27-16)19(25)23-7-3-2-4-15(23)13-10-14(18(20)24)22-21-13/h5-6,8-10,15H,2-4,7H2,1H3,(H2,20,24)(H,21,22). The van der Waals surface area contributed by atoms with E-state index in [1.807, 2.05) is 6.07 Å². The molecule has 3 N–H and O–H groups in total. The first-order chi connectivity index (χ1) is 13.1. The molecule has 1 fully saturated rings. The summed E-state index contributed by atoms with van der Waals surface area (Å²) in [5.41, 5.74) is 6.78. The minimum atomic E-state index is -0.600. The van der Waals surface area contributed by atoms with E-state index in [1.165, 1.54) is 0 Å². The lowest BCUT2D eigenvalue weighted by molar-refractivity contribution is 0.0576. The number of nitrogens with two attached hydrogens (primary N) is 1. The number of aromatic amines is 1. The maximum Gasteiger partial charge on any atom is 0.290 e. The van der Waals surface area contributed by atoms with Gasteiger partial charge in [-0.15, -0.1) is 0 Å². The molecule has 0 saturated carbocycles. The maximum atomic E-state index is 13.1. The molecule has 0 radical (unpaired) electrons. The number of ether oxygens (including phenoxy) is 1. The molecule has 0 spiro atoms. The number of rotatable bonds is 4. The van der Waals surface area contributed by atoms with Crippen LogP contribution in [0.1, 0.15) is 52.0 Å². The second kappa shape index (κ2) is 6.79. The van der Waals surface area contributed by atoms with Crippen molar-refractivity contribution in [1.82, 2.24) is 15.1 Å². The van der Waals surface area contributed by atoms with Crippen LogP contribution in [0.3, 0.4) is 0 Å². The van der Waals surface area contributed by atoms with Crippen LogP contribution in [-0.4, -0.2) is 40.6 Å². The molecule has 1 atom stereocenters. The Labute approximate surface area is 155 Å². The topological polar surface area (TPSA) is 114 Å². The van der Waals surface area contributed by atoms with Crippen molar-refractivity contribution in [1.29, 1.82) is 0 Å². The molecule has 8 heteroatoms. The Kier molecular flexibility index (Phi) is 4.31. The summed E-state index contributed by atoms with van der Waals surface area (Å²) in [6.07, 6.45) is 2.67. The van der Waals surface area contributed by atoms with Crippen LogP contribution in [-0.2, 0) is 0 Å². The quantitative estimate of drug-likeness (QED) is 0.735. The second-order valence-corrected chi connectivity index (χ2v) is 6.60. The van der Waals surface area contributed by atoms with Gasteiger partial charge in [-0.3, -0.25) is 14.7 Å². The Bertz CT molecular complexity index is 1010. The predicted molar refractivity (Wildman–Crippen MR) is 97.5 cm³/mol. The van der Waals surface area contributed by atoms with E-state index in [9.17, 15) is 9.59 Å². The van der Waals surface area contributed by atoms with Gasteiger partial charge in [-0.05, 0) is 49.6 Å². The van der Waals surface area contributed by atoms with Crippen LogP contribution in [0.25, 0.3) is 11.0 Å². The average Bonchev–Trinajstić information content (AvgIpc) is 3.34. The second-order valence-electron chi connectivity index (χ2n) is 6.60. The van der Waals surface area contributed by atoms with E-state index in [-0.39, 0.29) is 23.4 Å². The Hall–Kier alpha value is -3.29. The first-order valence-corrected chi connectivity index (χ1v) is 8.80. The summed E-state index contributed by atoms with van der Waals surface area (Å²) >= 11 is 0. The van der Waals surface area contributed by atoms with Crippen molar-refractivity contribution in [2.24, 2.45) is 5.73 Å². The zero-order valence-corrected chi connectivity index (χ0v) is 14.9. The maximum absolute atomic E-state index is 13.1. The normalized spacial score (nSPS) is 17.2. The molecule has 140 valence electrons. The smallest absolute Gasteiger partial charge is 0.290 e. The van der Waals surface area contributed by atoms with Gasteiger partial charge >= 0.3 is 0 Å². The number of methoxy groups -OCH3 is 1. The summed E-state index contributed by atoms with van der Waals surface area (Å²) in [4.78, 5) is 26.2. The van der Waals surface area contributed by atoms with Gasteiger partial charge in [0.05, 0.1) is 18.8 Å². The number of carbonyl (C=O) groups excluding carboxylic acids is 2. The van der Waals surface area contributed by atoms with E-state index < -0.39 is 5.91 Å². The number of fused-ring (bicyclic) bond motifs is 1. The number of H-pyrrole nitrogens is 1. The predicted octanol–water partition coefficient (Wildman–Crippen LogP) is 2.63. The van der Waals surface area contributed by atoms with Crippen molar-refractivity contribution in [2.75, 3.05) is 13.7 Å². The van der Waals surface area contributed by atoms with Crippen LogP contribution in [0.15, 0.2) is 34.7 Å². The summed E-state index contributed by atoms with van der Waals surface area (Å²) in [6.45, 7) is 0.606. The zero-order chi connectivity index (χ0) is 19.0. The molecule has 1 aromatic carbocycles. The lowest BCUT2D eigenvalue weighted by atomic mass is 9.98. The summed E-state index contributed by atoms with van der Waals surface area (Å²) in [5, 5.41) is 7.59. The lowest BCUT2D eigenvalue weighted by Crippen LogP contribution is -2.38. The Balaban J connectivity index is 1.64. The van der Waals surface area contributed by atoms with Crippen LogP contribution in [0.2, 0.25) is 0 Å². The van der Waals surface area contributed by atoms with Gasteiger partial charge in [0.15, 0.2) is 5.76 Å².